The van der Waals surface area contributed by atoms with E-state index in [0.717, 1.165) is 36.9 Å². The lowest BCUT2D eigenvalue weighted by molar-refractivity contribution is 0.388. The summed E-state index contributed by atoms with van der Waals surface area (Å²) in [5.74, 6) is 0.362. The molecule has 0 amide bonds. The molecule has 8 heteroatoms. The fraction of sp³-hybridized carbons (Fsp3) is 0.483. The molecule has 2 aromatic rings. The third kappa shape index (κ3) is 7.16. The van der Waals surface area contributed by atoms with Crippen molar-refractivity contribution in [3.05, 3.63) is 69.9 Å². The first-order chi connectivity index (χ1) is 17.5. The largest absolute Gasteiger partial charge is 0.400 e. The summed E-state index contributed by atoms with van der Waals surface area (Å²) < 4.78 is 0. The number of hydrogen-bond donors (Lipinski definition) is 5. The second kappa shape index (κ2) is 12.0. The second-order valence-corrected chi connectivity index (χ2v) is 11.2. The monoisotopic (exact) mass is 503 g/mol. The van der Waals surface area contributed by atoms with Gasteiger partial charge in [0.15, 0.2) is 0 Å². The fourth-order valence-corrected chi connectivity index (χ4v) is 4.53. The predicted octanol–water partition coefficient (Wildman–Crippen LogP) is 5.04. The number of nitrogens with zero attached hydrogens (tertiary/aromatic N) is 2. The summed E-state index contributed by atoms with van der Waals surface area (Å²) in [5, 5.41) is 16.4. The number of aliphatic imine (C=N–C) groups is 1. The van der Waals surface area contributed by atoms with Crippen molar-refractivity contribution >= 4 is 17.2 Å². The van der Waals surface area contributed by atoms with Crippen LogP contribution in [-0.2, 0) is 0 Å². The number of hydrogen-bond acceptors (Lipinski definition) is 6. The first-order valence-electron chi connectivity index (χ1n) is 13.1. The molecule has 37 heavy (non-hydrogen) atoms. The summed E-state index contributed by atoms with van der Waals surface area (Å²) in [6.07, 6.45) is 7.31. The van der Waals surface area contributed by atoms with Gasteiger partial charge >= 0.3 is 0 Å². The van der Waals surface area contributed by atoms with Crippen LogP contribution < -0.4 is 27.7 Å². The van der Waals surface area contributed by atoms with Crippen LogP contribution in [0, 0.1) is 28.6 Å². The number of H-pyrrole nitrogens is 1. The van der Waals surface area contributed by atoms with Crippen molar-refractivity contribution in [1.29, 1.82) is 5.26 Å². The first-order valence-corrected chi connectivity index (χ1v) is 13.1. The van der Waals surface area contributed by atoms with E-state index in [1.54, 1.807) is 12.3 Å². The molecule has 1 heterocycles. The highest BCUT2D eigenvalue weighted by Crippen LogP contribution is 2.28. The molecule has 3 atom stereocenters. The average Bonchev–Trinajstić information content (AvgIpc) is 2.84. The van der Waals surface area contributed by atoms with Crippen LogP contribution in [-0.4, -0.2) is 16.9 Å². The van der Waals surface area contributed by atoms with Crippen LogP contribution in [0.1, 0.15) is 77.5 Å². The Bertz CT molecular complexity index is 1210. The number of aromatic nitrogens is 1. The molecular weight excluding hydrogens is 462 g/mol. The molecule has 0 bridgehead atoms. The Kier molecular flexibility index (Phi) is 9.04. The summed E-state index contributed by atoms with van der Waals surface area (Å²) in [6.45, 7) is 10.6. The van der Waals surface area contributed by atoms with Crippen LogP contribution in [0.3, 0.4) is 0 Å². The minimum absolute atomic E-state index is 0.0202. The Hall–Kier alpha value is -3.73. The lowest BCUT2D eigenvalue weighted by Gasteiger charge is -2.29. The summed E-state index contributed by atoms with van der Waals surface area (Å²) in [5.41, 5.74) is 15.6. The standard InChI is InChI=1S/C29H41N7O/c1-18(2)26(34-17-24(31)29(3,4)5)19-10-12-21(13-11-19)35-27(32)25-23(14-15-33-28(25)37)36-22-9-7-6-8-20(22)16-30/h10-15,17-18,20,22,26,34H,6-9,31H2,1-5H3,(H2,32,35)(H2,33,36,37)/b24-17-/t20?,22-,26?/m0/s1. The van der Waals surface area contributed by atoms with Gasteiger partial charge in [0.2, 0.25) is 0 Å². The van der Waals surface area contributed by atoms with Crippen LogP contribution in [0.5, 0.6) is 0 Å². The van der Waals surface area contributed by atoms with E-state index in [1.165, 1.54) is 0 Å². The number of nitriles is 1. The smallest absolute Gasteiger partial charge is 0.261 e. The summed E-state index contributed by atoms with van der Waals surface area (Å²) >= 11 is 0. The number of allylic oxidation sites excluding steroid dienone is 1. The van der Waals surface area contributed by atoms with Crippen molar-refractivity contribution in [2.24, 2.45) is 33.7 Å². The summed E-state index contributed by atoms with van der Waals surface area (Å²) in [7, 11) is 0. The highest BCUT2D eigenvalue weighted by atomic mass is 16.1. The van der Waals surface area contributed by atoms with E-state index in [4.69, 9.17) is 11.5 Å². The van der Waals surface area contributed by atoms with E-state index in [0.29, 0.717) is 22.9 Å². The Morgan fingerprint density at radius 2 is 1.84 bits per heavy atom. The molecule has 198 valence electrons. The first kappa shape index (κ1) is 27.9. The van der Waals surface area contributed by atoms with Crippen LogP contribution in [0.2, 0.25) is 0 Å². The van der Waals surface area contributed by atoms with E-state index in [2.05, 4.69) is 61.3 Å². The molecule has 1 aromatic heterocycles. The van der Waals surface area contributed by atoms with Gasteiger partial charge in [0, 0.05) is 29.6 Å². The maximum absolute atomic E-state index is 12.7. The quantitative estimate of drug-likeness (QED) is 0.252. The minimum atomic E-state index is -0.320. The number of nitrogens with one attached hydrogen (secondary N) is 3. The molecule has 1 aromatic carbocycles. The second-order valence-electron chi connectivity index (χ2n) is 11.2. The molecule has 1 saturated carbocycles. The van der Waals surface area contributed by atoms with E-state index < -0.39 is 0 Å². The molecule has 0 aliphatic heterocycles. The summed E-state index contributed by atoms with van der Waals surface area (Å²) in [4.78, 5) is 20.0. The predicted molar refractivity (Wildman–Crippen MR) is 151 cm³/mol. The van der Waals surface area contributed by atoms with Crippen LogP contribution in [0.4, 0.5) is 11.4 Å². The Morgan fingerprint density at radius 3 is 2.46 bits per heavy atom. The van der Waals surface area contributed by atoms with Crippen molar-refractivity contribution in [3.63, 3.8) is 0 Å². The van der Waals surface area contributed by atoms with Crippen LogP contribution >= 0.6 is 0 Å². The van der Waals surface area contributed by atoms with Gasteiger partial charge in [0.1, 0.15) is 11.4 Å². The van der Waals surface area contributed by atoms with Gasteiger partial charge in [0.25, 0.3) is 5.56 Å². The van der Waals surface area contributed by atoms with Gasteiger partial charge in [0.05, 0.1) is 29.4 Å². The molecule has 2 unspecified atom stereocenters. The van der Waals surface area contributed by atoms with Gasteiger partial charge in [-0.05, 0) is 42.5 Å². The number of nitrogens with two attached hydrogens (primary N) is 2. The molecular formula is C29H41N7O. The number of rotatable bonds is 8. The lowest BCUT2D eigenvalue weighted by Crippen LogP contribution is -2.34. The SMILES string of the molecule is CC(C)C(N/C=C(\N)C(C)(C)C)c1ccc(N=C(N)c2c(N[C@H]3CCCCC3C#N)cc[nH]c2=O)cc1. The topological polar surface area (TPSA) is 145 Å². The number of amidine groups is 1. The summed E-state index contributed by atoms with van der Waals surface area (Å²) in [6, 6.07) is 12.0. The highest BCUT2D eigenvalue weighted by Gasteiger charge is 2.26. The number of anilines is 1. The zero-order valence-electron chi connectivity index (χ0n) is 22.6. The van der Waals surface area contributed by atoms with Gasteiger partial charge in [-0.25, -0.2) is 4.99 Å². The fourth-order valence-electron chi connectivity index (χ4n) is 4.53. The van der Waals surface area contributed by atoms with Gasteiger partial charge in [-0.1, -0.05) is 59.6 Å². The maximum Gasteiger partial charge on any atom is 0.261 e. The van der Waals surface area contributed by atoms with Crippen molar-refractivity contribution in [2.45, 2.75) is 72.4 Å². The number of benzene rings is 1. The zero-order chi connectivity index (χ0) is 27.2. The third-order valence-corrected chi connectivity index (χ3v) is 6.94. The van der Waals surface area contributed by atoms with Gasteiger partial charge in [-0.15, -0.1) is 0 Å². The Labute approximate surface area is 220 Å². The zero-order valence-corrected chi connectivity index (χ0v) is 22.6. The lowest BCUT2D eigenvalue weighted by atomic mass is 9.85. The molecule has 1 aliphatic carbocycles. The van der Waals surface area contributed by atoms with Crippen LogP contribution in [0.25, 0.3) is 0 Å². The Balaban J connectivity index is 1.84. The molecule has 1 aliphatic rings. The molecule has 8 nitrogen and oxygen atoms in total. The van der Waals surface area contributed by atoms with Gasteiger partial charge in [-0.2, -0.15) is 5.26 Å². The molecule has 3 rings (SSSR count). The normalized spacial score (nSPS) is 19.8. The van der Waals surface area contributed by atoms with Crippen molar-refractivity contribution in [3.8, 4) is 6.07 Å². The van der Waals surface area contributed by atoms with Crippen molar-refractivity contribution in [2.75, 3.05) is 5.32 Å². The maximum atomic E-state index is 12.7. The molecule has 0 spiro atoms. The molecule has 7 N–H and O–H groups in total. The van der Waals surface area contributed by atoms with Gasteiger partial charge in [-0.3, -0.25) is 4.79 Å². The van der Waals surface area contributed by atoms with Crippen molar-refractivity contribution in [1.82, 2.24) is 10.3 Å². The van der Waals surface area contributed by atoms with Gasteiger partial charge < -0.3 is 27.1 Å². The molecule has 1 fully saturated rings. The highest BCUT2D eigenvalue weighted by molar-refractivity contribution is 6.03. The third-order valence-electron chi connectivity index (χ3n) is 6.94. The minimum Gasteiger partial charge on any atom is -0.400 e. The molecule has 0 radical (unpaired) electrons. The van der Waals surface area contributed by atoms with E-state index in [9.17, 15) is 10.1 Å². The van der Waals surface area contributed by atoms with Crippen LogP contribution in [0.15, 0.2) is 58.2 Å². The molecule has 0 saturated heterocycles. The average molecular weight is 504 g/mol. The number of pyridine rings is 1. The van der Waals surface area contributed by atoms with E-state index in [1.807, 2.05) is 30.5 Å². The van der Waals surface area contributed by atoms with Crippen molar-refractivity contribution < 1.29 is 0 Å². The number of aromatic amines is 1. The Morgan fingerprint density at radius 1 is 1.16 bits per heavy atom. The van der Waals surface area contributed by atoms with E-state index >= 15 is 0 Å². The van der Waals surface area contributed by atoms with E-state index in [-0.39, 0.29) is 34.8 Å².